The van der Waals surface area contributed by atoms with Crippen LogP contribution in [0.4, 0.5) is 0 Å². The van der Waals surface area contributed by atoms with Crippen molar-refractivity contribution in [3.05, 3.63) is 16.4 Å². The maximum atomic E-state index is 6.73. The molecule has 19 heavy (non-hydrogen) atoms. The highest BCUT2D eigenvalue weighted by Gasteiger charge is 2.37. The van der Waals surface area contributed by atoms with Crippen LogP contribution >= 0.6 is 11.6 Å². The number of nitrogens with two attached hydrogens (primary N) is 1. The summed E-state index contributed by atoms with van der Waals surface area (Å²) in [4.78, 5) is 0. The third-order valence-corrected chi connectivity index (χ3v) is 5.19. The minimum absolute atomic E-state index is 0.102. The first-order chi connectivity index (χ1) is 9.01. The molecule has 0 aliphatic heterocycles. The lowest BCUT2D eigenvalue weighted by molar-refractivity contribution is 0.179. The van der Waals surface area contributed by atoms with Crippen LogP contribution in [0.2, 0.25) is 5.02 Å². The van der Waals surface area contributed by atoms with Crippen molar-refractivity contribution < 1.29 is 0 Å². The zero-order chi connectivity index (χ0) is 14.0. The van der Waals surface area contributed by atoms with Gasteiger partial charge in [-0.25, -0.2) is 0 Å². The highest BCUT2D eigenvalue weighted by molar-refractivity contribution is 6.31. The van der Waals surface area contributed by atoms with Gasteiger partial charge in [0.25, 0.3) is 0 Å². The first kappa shape index (κ1) is 14.9. The monoisotopic (exact) mass is 283 g/mol. The summed E-state index contributed by atoms with van der Waals surface area (Å²) < 4.78 is 1.93. The summed E-state index contributed by atoms with van der Waals surface area (Å²) in [5, 5.41) is 5.33. The predicted octanol–water partition coefficient (Wildman–Crippen LogP) is 3.48. The fourth-order valence-electron chi connectivity index (χ4n) is 3.50. The Balaban J connectivity index is 2.26. The lowest BCUT2D eigenvalue weighted by Crippen LogP contribution is -2.51. The Hall–Kier alpha value is -0.540. The standard InChI is InChI=1S/C15H26ClN3/c1-4-11-8-6-7-9-15(11,17)10-13-14(16)12(5-2)18-19(13)3/h11H,4-10,17H2,1-3H3. The molecule has 1 saturated carbocycles. The maximum absolute atomic E-state index is 6.73. The van der Waals surface area contributed by atoms with Crippen molar-refractivity contribution in [2.24, 2.45) is 18.7 Å². The molecule has 2 unspecified atom stereocenters. The van der Waals surface area contributed by atoms with E-state index >= 15 is 0 Å². The summed E-state index contributed by atoms with van der Waals surface area (Å²) in [6.45, 7) is 4.34. The highest BCUT2D eigenvalue weighted by atomic mass is 35.5. The highest BCUT2D eigenvalue weighted by Crippen LogP contribution is 2.37. The van der Waals surface area contributed by atoms with Crippen LogP contribution in [0, 0.1) is 5.92 Å². The van der Waals surface area contributed by atoms with Gasteiger partial charge in [-0.1, -0.05) is 44.7 Å². The molecule has 0 radical (unpaired) electrons. The van der Waals surface area contributed by atoms with Gasteiger partial charge in [-0.05, 0) is 25.2 Å². The van der Waals surface area contributed by atoms with Crippen LogP contribution in [-0.2, 0) is 19.9 Å². The topological polar surface area (TPSA) is 43.8 Å². The number of nitrogens with zero attached hydrogens (tertiary/aromatic N) is 2. The lowest BCUT2D eigenvalue weighted by atomic mass is 9.70. The summed E-state index contributed by atoms with van der Waals surface area (Å²) >= 11 is 6.46. The number of hydrogen-bond donors (Lipinski definition) is 1. The molecule has 2 atom stereocenters. The Morgan fingerprint density at radius 2 is 2.16 bits per heavy atom. The molecule has 108 valence electrons. The SMILES string of the molecule is CCc1nn(C)c(CC2(N)CCCCC2CC)c1Cl. The average molecular weight is 284 g/mol. The normalized spacial score (nSPS) is 27.7. The van der Waals surface area contributed by atoms with E-state index in [2.05, 4.69) is 18.9 Å². The van der Waals surface area contributed by atoms with E-state index < -0.39 is 0 Å². The molecule has 0 spiro atoms. The molecule has 2 rings (SSSR count). The Kier molecular flexibility index (Phi) is 4.57. The molecular weight excluding hydrogens is 258 g/mol. The second-order valence-corrected chi connectivity index (χ2v) is 6.32. The number of aryl methyl sites for hydroxylation is 2. The van der Waals surface area contributed by atoms with E-state index in [9.17, 15) is 0 Å². The molecule has 1 aromatic rings. The second-order valence-electron chi connectivity index (χ2n) is 5.95. The van der Waals surface area contributed by atoms with Crippen molar-refractivity contribution in [3.8, 4) is 0 Å². The molecule has 3 nitrogen and oxygen atoms in total. The van der Waals surface area contributed by atoms with E-state index in [0.717, 1.165) is 42.1 Å². The smallest absolute Gasteiger partial charge is 0.0850 e. The number of halogens is 1. The van der Waals surface area contributed by atoms with E-state index in [0.29, 0.717) is 5.92 Å². The Morgan fingerprint density at radius 1 is 1.42 bits per heavy atom. The van der Waals surface area contributed by atoms with Gasteiger partial charge in [-0.2, -0.15) is 5.10 Å². The maximum Gasteiger partial charge on any atom is 0.0850 e. The third kappa shape index (κ3) is 2.82. The molecule has 4 heteroatoms. The molecular formula is C15H26ClN3. The van der Waals surface area contributed by atoms with Crippen LogP contribution in [0.15, 0.2) is 0 Å². The number of rotatable bonds is 4. The van der Waals surface area contributed by atoms with Gasteiger partial charge < -0.3 is 5.73 Å². The van der Waals surface area contributed by atoms with E-state index in [4.69, 9.17) is 17.3 Å². The first-order valence-electron chi connectivity index (χ1n) is 7.51. The van der Waals surface area contributed by atoms with Gasteiger partial charge in [0.05, 0.1) is 16.4 Å². The van der Waals surface area contributed by atoms with Crippen LogP contribution in [0.25, 0.3) is 0 Å². The molecule has 0 bridgehead atoms. The molecule has 0 amide bonds. The summed E-state index contributed by atoms with van der Waals surface area (Å²) in [7, 11) is 1.98. The van der Waals surface area contributed by atoms with Crippen molar-refractivity contribution in [1.82, 2.24) is 9.78 Å². The summed E-state index contributed by atoms with van der Waals surface area (Å²) in [6.07, 6.45) is 7.80. The molecule has 0 saturated heterocycles. The van der Waals surface area contributed by atoms with E-state index in [1.807, 2.05) is 11.7 Å². The molecule has 0 aromatic carbocycles. The predicted molar refractivity (Wildman–Crippen MR) is 80.5 cm³/mol. The zero-order valence-electron chi connectivity index (χ0n) is 12.4. The Morgan fingerprint density at radius 3 is 2.74 bits per heavy atom. The third-order valence-electron chi connectivity index (χ3n) is 4.75. The van der Waals surface area contributed by atoms with Gasteiger partial charge in [0, 0.05) is 19.0 Å². The fraction of sp³-hybridized carbons (Fsp3) is 0.800. The van der Waals surface area contributed by atoms with Gasteiger partial charge >= 0.3 is 0 Å². The van der Waals surface area contributed by atoms with Gasteiger partial charge in [0.2, 0.25) is 0 Å². The summed E-state index contributed by atoms with van der Waals surface area (Å²) in [5.41, 5.74) is 8.74. The lowest BCUT2D eigenvalue weighted by Gasteiger charge is -2.41. The Bertz CT molecular complexity index is 441. The number of hydrogen-bond acceptors (Lipinski definition) is 2. The van der Waals surface area contributed by atoms with Crippen LogP contribution in [0.1, 0.15) is 57.3 Å². The van der Waals surface area contributed by atoms with Crippen LogP contribution in [0.5, 0.6) is 0 Å². The molecule has 1 heterocycles. The van der Waals surface area contributed by atoms with Crippen molar-refractivity contribution in [2.75, 3.05) is 0 Å². The van der Waals surface area contributed by atoms with Gasteiger partial charge in [-0.15, -0.1) is 0 Å². The number of aromatic nitrogens is 2. The average Bonchev–Trinajstić information content (AvgIpc) is 2.66. The van der Waals surface area contributed by atoms with Crippen molar-refractivity contribution in [2.45, 2.75) is 64.3 Å². The summed E-state index contributed by atoms with van der Waals surface area (Å²) in [5.74, 6) is 0.609. The molecule has 1 fully saturated rings. The molecule has 1 aliphatic rings. The largest absolute Gasteiger partial charge is 0.324 e. The van der Waals surface area contributed by atoms with E-state index in [1.54, 1.807) is 0 Å². The minimum atomic E-state index is -0.102. The van der Waals surface area contributed by atoms with Crippen LogP contribution < -0.4 is 5.73 Å². The second kappa shape index (κ2) is 5.84. The van der Waals surface area contributed by atoms with Gasteiger partial charge in [-0.3, -0.25) is 4.68 Å². The van der Waals surface area contributed by atoms with E-state index in [-0.39, 0.29) is 5.54 Å². The molecule has 1 aliphatic carbocycles. The fourth-order valence-corrected chi connectivity index (χ4v) is 3.86. The van der Waals surface area contributed by atoms with Crippen molar-refractivity contribution >= 4 is 11.6 Å². The Labute approximate surface area is 121 Å². The van der Waals surface area contributed by atoms with Crippen LogP contribution in [0.3, 0.4) is 0 Å². The van der Waals surface area contributed by atoms with Crippen molar-refractivity contribution in [1.29, 1.82) is 0 Å². The first-order valence-corrected chi connectivity index (χ1v) is 7.88. The summed E-state index contributed by atoms with van der Waals surface area (Å²) in [6, 6.07) is 0. The van der Waals surface area contributed by atoms with Crippen LogP contribution in [-0.4, -0.2) is 15.3 Å². The van der Waals surface area contributed by atoms with Crippen molar-refractivity contribution in [3.63, 3.8) is 0 Å². The van der Waals surface area contributed by atoms with E-state index in [1.165, 1.54) is 19.3 Å². The van der Waals surface area contributed by atoms with Gasteiger partial charge in [0.15, 0.2) is 0 Å². The molecule has 2 N–H and O–H groups in total. The minimum Gasteiger partial charge on any atom is -0.324 e. The zero-order valence-corrected chi connectivity index (χ0v) is 13.1. The molecule has 1 aromatic heterocycles. The van der Waals surface area contributed by atoms with Gasteiger partial charge in [0.1, 0.15) is 0 Å². The quantitative estimate of drug-likeness (QED) is 0.919.